The lowest BCUT2D eigenvalue weighted by Gasteiger charge is -2.07. The van der Waals surface area contributed by atoms with E-state index in [0.717, 1.165) is 0 Å². The minimum atomic E-state index is -0.421. The van der Waals surface area contributed by atoms with E-state index in [0.29, 0.717) is 17.5 Å². The fourth-order valence-electron chi connectivity index (χ4n) is 1.22. The second-order valence-electron chi connectivity index (χ2n) is 3.33. The predicted octanol–water partition coefficient (Wildman–Crippen LogP) is 3.31. The first kappa shape index (κ1) is 14.0. The Balaban J connectivity index is 2.29. The van der Waals surface area contributed by atoms with Crippen LogP contribution in [0.15, 0.2) is 22.7 Å². The fraction of sp³-hybridized carbons (Fsp3) is 0.417. The van der Waals surface area contributed by atoms with Gasteiger partial charge in [0.1, 0.15) is 0 Å². The molecule has 0 aliphatic rings. The van der Waals surface area contributed by atoms with Crippen LogP contribution in [0.5, 0.6) is 5.75 Å². The summed E-state index contributed by atoms with van der Waals surface area (Å²) in [5.74, 6) is -0.486. The van der Waals surface area contributed by atoms with Crippen molar-refractivity contribution in [1.82, 2.24) is 0 Å². The van der Waals surface area contributed by atoms with Crippen LogP contribution in [-0.2, 0) is 9.53 Å². The van der Waals surface area contributed by atoms with Gasteiger partial charge in [-0.25, -0.2) is 4.39 Å². The molecule has 0 fully saturated rings. The largest absolute Gasteiger partial charge is 0.491 e. The van der Waals surface area contributed by atoms with Gasteiger partial charge in [-0.2, -0.15) is 0 Å². The predicted molar refractivity (Wildman–Crippen MR) is 65.5 cm³/mol. The highest BCUT2D eigenvalue weighted by molar-refractivity contribution is 9.10. The van der Waals surface area contributed by atoms with Crippen LogP contribution in [0.1, 0.15) is 19.8 Å². The second-order valence-corrected chi connectivity index (χ2v) is 4.25. The Labute approximate surface area is 108 Å². The van der Waals surface area contributed by atoms with Crippen molar-refractivity contribution in [1.29, 1.82) is 0 Å². The summed E-state index contributed by atoms with van der Waals surface area (Å²) in [4.78, 5) is 11.0. The van der Waals surface area contributed by atoms with Crippen molar-refractivity contribution in [3.8, 4) is 5.75 Å². The molecule has 0 saturated heterocycles. The standard InChI is InChI=1S/C12H14BrFO3/c1-2-16-12(15)4-3-7-17-11-6-5-9(13)8-10(11)14/h5-6,8H,2-4,7H2,1H3. The van der Waals surface area contributed by atoms with Crippen molar-refractivity contribution in [2.24, 2.45) is 0 Å². The molecule has 0 saturated carbocycles. The lowest BCUT2D eigenvalue weighted by molar-refractivity contribution is -0.143. The molecule has 0 spiro atoms. The summed E-state index contributed by atoms with van der Waals surface area (Å²) in [6.07, 6.45) is 0.792. The summed E-state index contributed by atoms with van der Waals surface area (Å²) in [5.41, 5.74) is 0. The van der Waals surface area contributed by atoms with Gasteiger partial charge >= 0.3 is 5.97 Å². The van der Waals surface area contributed by atoms with E-state index in [1.807, 2.05) is 0 Å². The fourth-order valence-corrected chi connectivity index (χ4v) is 1.56. The molecule has 0 radical (unpaired) electrons. The third kappa shape index (κ3) is 5.17. The molecule has 0 bridgehead atoms. The maximum atomic E-state index is 13.3. The van der Waals surface area contributed by atoms with Crippen molar-refractivity contribution in [2.45, 2.75) is 19.8 Å². The summed E-state index contributed by atoms with van der Waals surface area (Å²) in [6, 6.07) is 4.58. The highest BCUT2D eigenvalue weighted by atomic mass is 79.9. The molecule has 0 atom stereocenters. The smallest absolute Gasteiger partial charge is 0.305 e. The summed E-state index contributed by atoms with van der Waals surface area (Å²) in [5, 5.41) is 0. The van der Waals surface area contributed by atoms with Gasteiger partial charge in [0.25, 0.3) is 0 Å². The van der Waals surface area contributed by atoms with Gasteiger partial charge in [0.05, 0.1) is 13.2 Å². The molecule has 5 heteroatoms. The summed E-state index contributed by atoms with van der Waals surface area (Å²) in [7, 11) is 0. The molecule has 1 aromatic carbocycles. The van der Waals surface area contributed by atoms with Gasteiger partial charge in [-0.05, 0) is 31.5 Å². The molecule has 0 aliphatic heterocycles. The topological polar surface area (TPSA) is 35.5 Å². The summed E-state index contributed by atoms with van der Waals surface area (Å²) >= 11 is 3.16. The summed E-state index contributed by atoms with van der Waals surface area (Å²) in [6.45, 7) is 2.42. The molecule has 1 aromatic rings. The molecule has 0 unspecified atom stereocenters. The number of esters is 1. The SMILES string of the molecule is CCOC(=O)CCCOc1ccc(Br)cc1F. The first-order valence-electron chi connectivity index (χ1n) is 5.37. The highest BCUT2D eigenvalue weighted by Gasteiger charge is 2.05. The number of carbonyl (C=O) groups is 1. The van der Waals surface area contributed by atoms with Crippen LogP contribution in [0.2, 0.25) is 0 Å². The van der Waals surface area contributed by atoms with E-state index in [-0.39, 0.29) is 24.7 Å². The van der Waals surface area contributed by atoms with Gasteiger partial charge in [0.15, 0.2) is 11.6 Å². The molecule has 0 aliphatic carbocycles. The average molecular weight is 305 g/mol. The number of ether oxygens (including phenoxy) is 2. The van der Waals surface area contributed by atoms with Gasteiger partial charge < -0.3 is 9.47 Å². The van der Waals surface area contributed by atoms with E-state index >= 15 is 0 Å². The quantitative estimate of drug-likeness (QED) is 0.597. The Morgan fingerprint density at radius 3 is 2.88 bits per heavy atom. The van der Waals surface area contributed by atoms with Gasteiger partial charge in [0.2, 0.25) is 0 Å². The van der Waals surface area contributed by atoms with Gasteiger partial charge in [0, 0.05) is 10.9 Å². The first-order chi connectivity index (χ1) is 8.13. The van der Waals surface area contributed by atoms with E-state index < -0.39 is 5.82 Å². The second kappa shape index (κ2) is 7.27. The Kier molecular flexibility index (Phi) is 5.97. The lowest BCUT2D eigenvalue weighted by Crippen LogP contribution is -2.07. The summed E-state index contributed by atoms with van der Waals surface area (Å²) < 4.78 is 23.9. The maximum absolute atomic E-state index is 13.3. The van der Waals surface area contributed by atoms with Crippen molar-refractivity contribution in [3.63, 3.8) is 0 Å². The number of hydrogen-bond donors (Lipinski definition) is 0. The normalized spacial score (nSPS) is 10.1. The Morgan fingerprint density at radius 1 is 1.47 bits per heavy atom. The highest BCUT2D eigenvalue weighted by Crippen LogP contribution is 2.21. The van der Waals surface area contributed by atoms with Gasteiger partial charge in [-0.15, -0.1) is 0 Å². The minimum Gasteiger partial charge on any atom is -0.491 e. The van der Waals surface area contributed by atoms with Crippen LogP contribution in [-0.4, -0.2) is 19.2 Å². The Bertz CT molecular complexity index is 382. The first-order valence-corrected chi connectivity index (χ1v) is 6.16. The molecule has 0 amide bonds. The molecule has 0 N–H and O–H groups in total. The van der Waals surface area contributed by atoms with Crippen molar-refractivity contribution in [3.05, 3.63) is 28.5 Å². The van der Waals surface area contributed by atoms with Crippen LogP contribution in [0.3, 0.4) is 0 Å². The molecule has 0 aromatic heterocycles. The van der Waals surface area contributed by atoms with Crippen LogP contribution in [0.4, 0.5) is 4.39 Å². The third-order valence-electron chi connectivity index (χ3n) is 1.98. The van der Waals surface area contributed by atoms with Crippen LogP contribution in [0, 0.1) is 5.82 Å². The molecular weight excluding hydrogens is 291 g/mol. The monoisotopic (exact) mass is 304 g/mol. The lowest BCUT2D eigenvalue weighted by atomic mass is 10.3. The van der Waals surface area contributed by atoms with E-state index in [2.05, 4.69) is 15.9 Å². The number of benzene rings is 1. The third-order valence-corrected chi connectivity index (χ3v) is 2.48. The van der Waals surface area contributed by atoms with E-state index in [9.17, 15) is 9.18 Å². The van der Waals surface area contributed by atoms with Gasteiger partial charge in [-0.1, -0.05) is 15.9 Å². The number of rotatable bonds is 6. The number of halogens is 2. The van der Waals surface area contributed by atoms with Crippen LogP contribution >= 0.6 is 15.9 Å². The zero-order valence-electron chi connectivity index (χ0n) is 9.54. The van der Waals surface area contributed by atoms with Crippen LogP contribution < -0.4 is 4.74 Å². The van der Waals surface area contributed by atoms with E-state index in [4.69, 9.17) is 9.47 Å². The van der Waals surface area contributed by atoms with E-state index in [1.165, 1.54) is 6.07 Å². The zero-order valence-corrected chi connectivity index (χ0v) is 11.1. The van der Waals surface area contributed by atoms with Crippen molar-refractivity contribution in [2.75, 3.05) is 13.2 Å². The van der Waals surface area contributed by atoms with Crippen molar-refractivity contribution < 1.29 is 18.7 Å². The molecule has 0 heterocycles. The zero-order chi connectivity index (χ0) is 12.7. The number of hydrogen-bond acceptors (Lipinski definition) is 3. The minimum absolute atomic E-state index is 0.192. The number of carbonyl (C=O) groups excluding carboxylic acids is 1. The van der Waals surface area contributed by atoms with Crippen molar-refractivity contribution >= 4 is 21.9 Å². The Morgan fingerprint density at radius 2 is 2.24 bits per heavy atom. The molecule has 94 valence electrons. The van der Waals surface area contributed by atoms with Crippen LogP contribution in [0.25, 0.3) is 0 Å². The van der Waals surface area contributed by atoms with E-state index in [1.54, 1.807) is 19.1 Å². The average Bonchev–Trinajstić information content (AvgIpc) is 2.27. The Hall–Kier alpha value is -1.10. The molecular formula is C12H14BrFO3. The molecule has 1 rings (SSSR count). The molecule has 3 nitrogen and oxygen atoms in total. The molecule has 17 heavy (non-hydrogen) atoms. The van der Waals surface area contributed by atoms with Gasteiger partial charge in [-0.3, -0.25) is 4.79 Å². The maximum Gasteiger partial charge on any atom is 0.305 e.